The number of nitrogens with zero attached hydrogens (tertiary/aromatic N) is 4. The Balaban J connectivity index is 1.35. The van der Waals surface area contributed by atoms with Crippen LogP contribution < -0.4 is 0 Å². The van der Waals surface area contributed by atoms with Crippen LogP contribution >= 0.6 is 0 Å². The quantitative estimate of drug-likeness (QED) is 0.778. The van der Waals surface area contributed by atoms with Gasteiger partial charge in [0.05, 0.1) is 12.6 Å². The van der Waals surface area contributed by atoms with Crippen molar-refractivity contribution in [2.75, 3.05) is 13.1 Å². The molecule has 2 aromatic carbocycles. The monoisotopic (exact) mass is 334 g/mol. The second kappa shape index (κ2) is 7.17. The van der Waals surface area contributed by atoms with Gasteiger partial charge in [0.1, 0.15) is 6.33 Å². The van der Waals surface area contributed by atoms with Gasteiger partial charge in [0.25, 0.3) is 0 Å². The summed E-state index contributed by atoms with van der Waals surface area (Å²) >= 11 is 0. The molecular formula is C20H22N4O. The molecule has 4 rings (SSSR count). The number of β-amino-alcohol motifs (C(OH)–C–C–N with tert-alkyl or cyclic N) is 1. The topological polar surface area (TPSA) is 54.2 Å². The summed E-state index contributed by atoms with van der Waals surface area (Å²) in [6, 6.07) is 18.4. The molecule has 0 fully saturated rings. The lowest BCUT2D eigenvalue weighted by Gasteiger charge is -2.30. The van der Waals surface area contributed by atoms with Crippen LogP contribution in [0.1, 0.15) is 11.1 Å². The summed E-state index contributed by atoms with van der Waals surface area (Å²) in [5.41, 5.74) is 3.79. The second-order valence-electron chi connectivity index (χ2n) is 6.56. The van der Waals surface area contributed by atoms with E-state index >= 15 is 0 Å². The molecule has 0 aliphatic carbocycles. The van der Waals surface area contributed by atoms with E-state index in [0.717, 1.165) is 25.1 Å². The lowest BCUT2D eigenvalue weighted by molar-refractivity contribution is 0.0888. The van der Waals surface area contributed by atoms with Crippen molar-refractivity contribution in [3.05, 3.63) is 72.1 Å². The number of aromatic nitrogens is 3. The summed E-state index contributed by atoms with van der Waals surface area (Å²) in [7, 11) is 0. The standard InChI is InChI=1S/C20H22N4O/c25-19(13-23-11-10-16-6-4-5-9-18(16)12-23)14-24-15-21-20(22-24)17-7-2-1-3-8-17/h1-9,15,19,25H,10-14H2. The molecule has 5 nitrogen and oxygen atoms in total. The van der Waals surface area contributed by atoms with E-state index in [1.807, 2.05) is 30.3 Å². The van der Waals surface area contributed by atoms with E-state index < -0.39 is 6.10 Å². The lowest BCUT2D eigenvalue weighted by atomic mass is 10.00. The van der Waals surface area contributed by atoms with Gasteiger partial charge in [-0.2, -0.15) is 5.10 Å². The predicted molar refractivity (Wildman–Crippen MR) is 96.9 cm³/mol. The molecule has 0 radical (unpaired) electrons. The van der Waals surface area contributed by atoms with Crippen LogP contribution in [-0.2, 0) is 19.5 Å². The van der Waals surface area contributed by atoms with Crippen LogP contribution in [-0.4, -0.2) is 44.0 Å². The first-order valence-corrected chi connectivity index (χ1v) is 8.70. The summed E-state index contributed by atoms with van der Waals surface area (Å²) in [5.74, 6) is 0.694. The molecule has 1 unspecified atom stereocenters. The third-order valence-corrected chi connectivity index (χ3v) is 4.64. The first kappa shape index (κ1) is 16.0. The first-order chi connectivity index (χ1) is 12.3. The van der Waals surface area contributed by atoms with Gasteiger partial charge in [-0.25, -0.2) is 9.67 Å². The molecule has 0 saturated carbocycles. The van der Waals surface area contributed by atoms with Crippen molar-refractivity contribution < 1.29 is 5.11 Å². The minimum absolute atomic E-state index is 0.456. The minimum Gasteiger partial charge on any atom is -0.390 e. The number of hydrogen-bond acceptors (Lipinski definition) is 4. The van der Waals surface area contributed by atoms with Crippen molar-refractivity contribution >= 4 is 0 Å². The van der Waals surface area contributed by atoms with Crippen LogP contribution in [0.5, 0.6) is 0 Å². The van der Waals surface area contributed by atoms with Gasteiger partial charge in [0, 0.05) is 25.2 Å². The Morgan fingerprint density at radius 3 is 2.56 bits per heavy atom. The fraction of sp³-hybridized carbons (Fsp3) is 0.300. The molecule has 128 valence electrons. The average Bonchev–Trinajstić information content (AvgIpc) is 3.10. The maximum absolute atomic E-state index is 10.5. The summed E-state index contributed by atoms with van der Waals surface area (Å²) < 4.78 is 1.73. The minimum atomic E-state index is -0.462. The molecule has 3 aromatic rings. The molecule has 0 spiro atoms. The van der Waals surface area contributed by atoms with E-state index in [4.69, 9.17) is 0 Å². The number of rotatable bonds is 5. The van der Waals surface area contributed by atoms with Crippen LogP contribution in [0.15, 0.2) is 60.9 Å². The molecule has 25 heavy (non-hydrogen) atoms. The fourth-order valence-electron chi connectivity index (χ4n) is 3.38. The number of benzene rings is 2. The van der Waals surface area contributed by atoms with Gasteiger partial charge >= 0.3 is 0 Å². The molecule has 1 N–H and O–H groups in total. The second-order valence-corrected chi connectivity index (χ2v) is 6.56. The van der Waals surface area contributed by atoms with E-state index in [2.05, 4.69) is 39.2 Å². The highest BCUT2D eigenvalue weighted by molar-refractivity contribution is 5.53. The van der Waals surface area contributed by atoms with Crippen LogP contribution in [0.25, 0.3) is 11.4 Å². The Bertz CT molecular complexity index is 830. The summed E-state index contributed by atoms with van der Waals surface area (Å²) in [4.78, 5) is 6.65. The molecule has 0 bridgehead atoms. The molecule has 0 saturated heterocycles. The van der Waals surface area contributed by atoms with Gasteiger partial charge in [-0.05, 0) is 17.5 Å². The number of hydrogen-bond donors (Lipinski definition) is 1. The van der Waals surface area contributed by atoms with Crippen molar-refractivity contribution in [2.45, 2.75) is 25.6 Å². The van der Waals surface area contributed by atoms with Gasteiger partial charge in [0.2, 0.25) is 0 Å². The molecular weight excluding hydrogens is 312 g/mol. The molecule has 1 aromatic heterocycles. The third kappa shape index (κ3) is 3.78. The van der Waals surface area contributed by atoms with Crippen molar-refractivity contribution in [1.29, 1.82) is 0 Å². The largest absolute Gasteiger partial charge is 0.390 e. The SMILES string of the molecule is OC(CN1CCc2ccccc2C1)Cn1cnc(-c2ccccc2)n1. The molecule has 1 aliphatic heterocycles. The zero-order valence-corrected chi connectivity index (χ0v) is 14.1. The van der Waals surface area contributed by atoms with Gasteiger partial charge < -0.3 is 5.11 Å². The van der Waals surface area contributed by atoms with Crippen LogP contribution in [0.4, 0.5) is 0 Å². The lowest BCUT2D eigenvalue weighted by Crippen LogP contribution is -2.38. The Morgan fingerprint density at radius 1 is 0.960 bits per heavy atom. The smallest absolute Gasteiger partial charge is 0.181 e. The van der Waals surface area contributed by atoms with Gasteiger partial charge in [0.15, 0.2) is 5.82 Å². The zero-order valence-electron chi connectivity index (χ0n) is 14.1. The van der Waals surface area contributed by atoms with E-state index in [9.17, 15) is 5.11 Å². The number of aliphatic hydroxyl groups excluding tert-OH is 1. The van der Waals surface area contributed by atoms with Crippen LogP contribution in [0, 0.1) is 0 Å². The Hall–Kier alpha value is -2.50. The number of aliphatic hydroxyl groups is 1. The predicted octanol–water partition coefficient (Wildman–Crippen LogP) is 2.36. The Labute approximate surface area is 147 Å². The van der Waals surface area contributed by atoms with Crippen LogP contribution in [0.3, 0.4) is 0 Å². The highest BCUT2D eigenvalue weighted by Crippen LogP contribution is 2.19. The van der Waals surface area contributed by atoms with E-state index in [-0.39, 0.29) is 0 Å². The van der Waals surface area contributed by atoms with Crippen molar-refractivity contribution in [1.82, 2.24) is 19.7 Å². The molecule has 0 amide bonds. The maximum atomic E-state index is 10.5. The van der Waals surface area contributed by atoms with Crippen molar-refractivity contribution in [2.24, 2.45) is 0 Å². The van der Waals surface area contributed by atoms with Gasteiger partial charge in [-0.1, -0.05) is 54.6 Å². The molecule has 5 heteroatoms. The average molecular weight is 334 g/mol. The summed E-state index contributed by atoms with van der Waals surface area (Å²) in [5, 5.41) is 14.9. The highest BCUT2D eigenvalue weighted by atomic mass is 16.3. The first-order valence-electron chi connectivity index (χ1n) is 8.70. The van der Waals surface area contributed by atoms with E-state index in [0.29, 0.717) is 18.9 Å². The Kier molecular flexibility index (Phi) is 4.59. The van der Waals surface area contributed by atoms with Crippen molar-refractivity contribution in [3.63, 3.8) is 0 Å². The third-order valence-electron chi connectivity index (χ3n) is 4.64. The van der Waals surface area contributed by atoms with E-state index in [1.165, 1.54) is 11.1 Å². The van der Waals surface area contributed by atoms with E-state index in [1.54, 1.807) is 11.0 Å². The Morgan fingerprint density at radius 2 is 1.72 bits per heavy atom. The van der Waals surface area contributed by atoms with Gasteiger partial charge in [-0.15, -0.1) is 0 Å². The van der Waals surface area contributed by atoms with Gasteiger partial charge in [-0.3, -0.25) is 4.90 Å². The van der Waals surface area contributed by atoms with Crippen molar-refractivity contribution in [3.8, 4) is 11.4 Å². The zero-order chi connectivity index (χ0) is 17.1. The number of fused-ring (bicyclic) bond motifs is 1. The fourth-order valence-corrected chi connectivity index (χ4v) is 3.38. The maximum Gasteiger partial charge on any atom is 0.181 e. The summed E-state index contributed by atoms with van der Waals surface area (Å²) in [6.07, 6.45) is 2.28. The summed E-state index contributed by atoms with van der Waals surface area (Å²) in [6.45, 7) is 2.99. The van der Waals surface area contributed by atoms with Crippen LogP contribution in [0.2, 0.25) is 0 Å². The molecule has 1 aliphatic rings. The highest BCUT2D eigenvalue weighted by Gasteiger charge is 2.19. The molecule has 2 heterocycles. The normalized spacial score (nSPS) is 15.7. The molecule has 1 atom stereocenters.